The molecule has 0 bridgehead atoms. The van der Waals surface area contributed by atoms with Gasteiger partial charge in [-0.1, -0.05) is 63.0 Å². The first kappa shape index (κ1) is 23.9. The van der Waals surface area contributed by atoms with Crippen LogP contribution >= 0.6 is 23.2 Å². The number of nitrogens with zero attached hydrogens (tertiary/aromatic N) is 1. The van der Waals surface area contributed by atoms with Gasteiger partial charge in [-0.3, -0.25) is 14.9 Å². The maximum atomic E-state index is 12.0. The molecule has 0 fully saturated rings. The van der Waals surface area contributed by atoms with E-state index in [9.17, 15) is 14.9 Å². The van der Waals surface area contributed by atoms with Crippen molar-refractivity contribution in [3.8, 4) is 0 Å². The lowest BCUT2D eigenvalue weighted by molar-refractivity contribution is -0.384. The van der Waals surface area contributed by atoms with Crippen LogP contribution in [0.5, 0.6) is 0 Å². The number of alkyl halides is 2. The number of nitrogens with one attached hydrogen (secondary N) is 1. The van der Waals surface area contributed by atoms with Gasteiger partial charge in [-0.25, -0.2) is 0 Å². The first-order chi connectivity index (χ1) is 12.3. The third-order valence-electron chi connectivity index (χ3n) is 5.19. The fraction of sp³-hybridized carbons (Fsp3) is 0.611. The number of non-ortho nitro benzene ring substituents is 1. The van der Waals surface area contributed by atoms with Crippen molar-refractivity contribution in [1.82, 2.24) is 5.32 Å². The van der Waals surface area contributed by atoms with Gasteiger partial charge in [0.1, 0.15) is 0 Å². The molecule has 0 saturated carbocycles. The number of hydrogen-bond acceptors (Lipinski definition) is 4. The topological polar surface area (TPSA) is 81.5 Å². The summed E-state index contributed by atoms with van der Waals surface area (Å²) in [5.74, 6) is -0.637. The van der Waals surface area contributed by atoms with Crippen LogP contribution in [0.2, 0.25) is 18.1 Å². The summed E-state index contributed by atoms with van der Waals surface area (Å²) in [6, 6.07) is 5.91. The summed E-state index contributed by atoms with van der Waals surface area (Å²) in [5.41, 5.74) is 0.871. The standard InChI is InChI=1S/C18H28Cl2N2O4Si/c1-12(13-7-9-14(10-8-13)22(24)25)15(21-17(23)16(19)20)11-26-27(5,6)18(2,3)4/h7-10,12,15-16H,11H2,1-6H3,(H,21,23)/t12-,15+/m0/s1. The van der Waals surface area contributed by atoms with E-state index in [1.807, 2.05) is 6.92 Å². The highest BCUT2D eigenvalue weighted by atomic mass is 35.5. The normalized spacial score (nSPS) is 14.7. The molecule has 1 rings (SSSR count). The van der Waals surface area contributed by atoms with Crippen LogP contribution in [0.25, 0.3) is 0 Å². The Morgan fingerprint density at radius 1 is 1.26 bits per heavy atom. The number of halogens is 2. The predicted molar refractivity (Wildman–Crippen MR) is 112 cm³/mol. The molecule has 0 unspecified atom stereocenters. The Labute approximate surface area is 171 Å². The number of carbonyl (C=O) groups is 1. The van der Waals surface area contributed by atoms with Crippen molar-refractivity contribution in [2.45, 2.75) is 62.6 Å². The largest absolute Gasteiger partial charge is 0.415 e. The monoisotopic (exact) mass is 434 g/mol. The van der Waals surface area contributed by atoms with E-state index in [1.165, 1.54) is 12.1 Å². The van der Waals surface area contributed by atoms with Gasteiger partial charge >= 0.3 is 0 Å². The van der Waals surface area contributed by atoms with Crippen LogP contribution in [-0.4, -0.2) is 36.6 Å². The average Bonchev–Trinajstić information content (AvgIpc) is 2.56. The first-order valence-electron chi connectivity index (χ1n) is 8.73. The molecule has 6 nitrogen and oxygen atoms in total. The van der Waals surface area contributed by atoms with Gasteiger partial charge in [0.2, 0.25) is 0 Å². The van der Waals surface area contributed by atoms with Gasteiger partial charge in [0.05, 0.1) is 17.6 Å². The van der Waals surface area contributed by atoms with E-state index in [4.69, 9.17) is 27.6 Å². The SMILES string of the molecule is C[C@@H](c1ccc([N+](=O)[O-])cc1)[C@@H](CO[Si](C)(C)C(C)(C)C)NC(=O)C(Cl)Cl. The third-order valence-corrected chi connectivity index (χ3v) is 10.1. The summed E-state index contributed by atoms with van der Waals surface area (Å²) in [6.07, 6.45) is 0. The summed E-state index contributed by atoms with van der Waals surface area (Å²) < 4.78 is 6.27. The van der Waals surface area contributed by atoms with Crippen molar-refractivity contribution in [2.75, 3.05) is 6.61 Å². The molecule has 2 atom stereocenters. The number of amides is 1. The lowest BCUT2D eigenvalue weighted by Gasteiger charge is -2.38. The lowest BCUT2D eigenvalue weighted by atomic mass is 9.93. The second kappa shape index (κ2) is 9.36. The second-order valence-electron chi connectivity index (χ2n) is 8.12. The molecule has 1 aromatic carbocycles. The highest BCUT2D eigenvalue weighted by Gasteiger charge is 2.38. The number of benzene rings is 1. The molecule has 152 valence electrons. The summed E-state index contributed by atoms with van der Waals surface area (Å²) in [6.45, 7) is 12.9. The van der Waals surface area contributed by atoms with Crippen molar-refractivity contribution in [3.63, 3.8) is 0 Å². The summed E-state index contributed by atoms with van der Waals surface area (Å²) in [5, 5.41) is 13.7. The maximum Gasteiger partial charge on any atom is 0.269 e. The quantitative estimate of drug-likeness (QED) is 0.269. The van der Waals surface area contributed by atoms with Crippen molar-refractivity contribution < 1.29 is 14.1 Å². The average molecular weight is 435 g/mol. The molecule has 1 N–H and O–H groups in total. The van der Waals surface area contributed by atoms with Crippen molar-refractivity contribution >= 4 is 43.1 Å². The minimum Gasteiger partial charge on any atom is -0.415 e. The number of nitro benzene ring substituents is 1. The van der Waals surface area contributed by atoms with Gasteiger partial charge in [-0.05, 0) is 23.7 Å². The highest BCUT2D eigenvalue weighted by Crippen LogP contribution is 2.37. The fourth-order valence-electron chi connectivity index (χ4n) is 2.20. The summed E-state index contributed by atoms with van der Waals surface area (Å²) in [4.78, 5) is 21.3. The van der Waals surface area contributed by atoms with Gasteiger partial charge in [-0.15, -0.1) is 0 Å². The molecule has 1 amide bonds. The molecule has 0 aliphatic heterocycles. The lowest BCUT2D eigenvalue weighted by Crippen LogP contribution is -2.48. The minimum absolute atomic E-state index is 0.0191. The molecule has 0 saturated heterocycles. The van der Waals surface area contributed by atoms with E-state index in [2.05, 4.69) is 39.2 Å². The predicted octanol–water partition coefficient (Wildman–Crippen LogP) is 5.01. The van der Waals surface area contributed by atoms with E-state index >= 15 is 0 Å². The van der Waals surface area contributed by atoms with E-state index in [-0.39, 0.29) is 22.7 Å². The number of hydrogen-bond donors (Lipinski definition) is 1. The molecule has 0 radical (unpaired) electrons. The van der Waals surface area contributed by atoms with E-state index < -0.39 is 24.0 Å². The summed E-state index contributed by atoms with van der Waals surface area (Å²) in [7, 11) is -2.02. The van der Waals surface area contributed by atoms with Gasteiger partial charge in [0.25, 0.3) is 11.6 Å². The molecule has 0 aliphatic carbocycles. The smallest absolute Gasteiger partial charge is 0.269 e. The molecular formula is C18H28Cl2N2O4Si. The Kier molecular flexibility index (Phi) is 8.28. The van der Waals surface area contributed by atoms with Gasteiger partial charge in [0.15, 0.2) is 13.2 Å². The van der Waals surface area contributed by atoms with Crippen LogP contribution in [0.15, 0.2) is 24.3 Å². The van der Waals surface area contributed by atoms with Gasteiger partial charge in [0, 0.05) is 18.1 Å². The van der Waals surface area contributed by atoms with Crippen LogP contribution in [0.3, 0.4) is 0 Å². The van der Waals surface area contributed by atoms with Crippen LogP contribution in [0, 0.1) is 10.1 Å². The van der Waals surface area contributed by atoms with E-state index in [0.29, 0.717) is 6.61 Å². The molecule has 1 aromatic rings. The van der Waals surface area contributed by atoms with Crippen molar-refractivity contribution in [3.05, 3.63) is 39.9 Å². The maximum absolute atomic E-state index is 12.0. The number of carbonyl (C=O) groups excluding carboxylic acids is 1. The van der Waals surface area contributed by atoms with Crippen LogP contribution < -0.4 is 5.32 Å². The van der Waals surface area contributed by atoms with E-state index in [1.54, 1.807) is 12.1 Å². The Morgan fingerprint density at radius 3 is 2.19 bits per heavy atom. The van der Waals surface area contributed by atoms with Crippen LogP contribution in [0.4, 0.5) is 5.69 Å². The number of nitro groups is 1. The third kappa shape index (κ3) is 6.75. The Bertz CT molecular complexity index is 660. The van der Waals surface area contributed by atoms with Gasteiger partial charge < -0.3 is 9.74 Å². The van der Waals surface area contributed by atoms with Crippen LogP contribution in [-0.2, 0) is 9.22 Å². The highest BCUT2D eigenvalue weighted by molar-refractivity contribution is 6.74. The zero-order valence-electron chi connectivity index (χ0n) is 16.6. The molecule has 0 spiro atoms. The molecular weight excluding hydrogens is 407 g/mol. The molecule has 9 heteroatoms. The Hall–Kier alpha value is -1.15. The Balaban J connectivity index is 3.02. The van der Waals surface area contributed by atoms with E-state index in [0.717, 1.165) is 5.56 Å². The first-order valence-corrected chi connectivity index (χ1v) is 12.5. The van der Waals surface area contributed by atoms with Crippen LogP contribution in [0.1, 0.15) is 39.2 Å². The number of rotatable bonds is 8. The minimum atomic E-state index is -2.02. The fourth-order valence-corrected chi connectivity index (χ4v) is 3.36. The second-order valence-corrected chi connectivity index (χ2v) is 14.0. The molecule has 0 aliphatic rings. The van der Waals surface area contributed by atoms with Crippen molar-refractivity contribution in [2.24, 2.45) is 0 Å². The van der Waals surface area contributed by atoms with Crippen molar-refractivity contribution in [1.29, 1.82) is 0 Å². The van der Waals surface area contributed by atoms with Gasteiger partial charge in [-0.2, -0.15) is 0 Å². The molecule has 27 heavy (non-hydrogen) atoms. The zero-order valence-corrected chi connectivity index (χ0v) is 19.1. The zero-order chi connectivity index (χ0) is 21.0. The summed E-state index contributed by atoms with van der Waals surface area (Å²) >= 11 is 11.4. The molecule has 0 aromatic heterocycles. The molecule has 0 heterocycles. The Morgan fingerprint density at radius 2 is 1.78 bits per heavy atom.